The molecule has 4 atom stereocenters. The van der Waals surface area contributed by atoms with Crippen molar-refractivity contribution in [2.45, 2.75) is 186 Å². The summed E-state index contributed by atoms with van der Waals surface area (Å²) in [6.45, 7) is 3.88. The molecule has 0 spiro atoms. The lowest BCUT2D eigenvalue weighted by Gasteiger charge is -2.28. The van der Waals surface area contributed by atoms with Gasteiger partial charge >= 0.3 is 11.9 Å². The Bertz CT molecular complexity index is 1170. The van der Waals surface area contributed by atoms with Gasteiger partial charge in [-0.2, -0.15) is 0 Å². The molecular formula is C46H84NO10P. The topological polar surface area (TPSA) is 152 Å². The van der Waals surface area contributed by atoms with Gasteiger partial charge in [0.25, 0.3) is 7.82 Å². The second-order valence-electron chi connectivity index (χ2n) is 16.5. The first-order chi connectivity index (χ1) is 27.8. The Kier molecular flexibility index (Phi) is 36.5. The maximum absolute atomic E-state index is 12.7. The van der Waals surface area contributed by atoms with Crippen LogP contribution in [0.5, 0.6) is 0 Å². The number of quaternary nitrogens is 1. The van der Waals surface area contributed by atoms with Crippen molar-refractivity contribution in [3.8, 4) is 0 Å². The summed E-state index contributed by atoms with van der Waals surface area (Å²) in [5, 5.41) is 20.4. The molecule has 0 amide bonds. The molecule has 0 aromatic carbocycles. The molecule has 0 aliphatic rings. The molecule has 0 aromatic heterocycles. The summed E-state index contributed by atoms with van der Waals surface area (Å²) in [4.78, 5) is 37.6. The first-order valence-electron chi connectivity index (χ1n) is 22.6. The van der Waals surface area contributed by atoms with Gasteiger partial charge in [-0.05, 0) is 38.5 Å². The number of aliphatic hydroxyl groups excluding tert-OH is 2. The molecule has 4 unspecified atom stereocenters. The lowest BCUT2D eigenvalue weighted by Crippen LogP contribution is -2.37. The first-order valence-corrected chi connectivity index (χ1v) is 24.0. The number of hydrogen-bond donors (Lipinski definition) is 2. The Morgan fingerprint density at radius 3 is 1.72 bits per heavy atom. The van der Waals surface area contributed by atoms with Crippen molar-refractivity contribution in [3.63, 3.8) is 0 Å². The molecule has 2 N–H and O–H groups in total. The third-order valence-electron chi connectivity index (χ3n) is 9.54. The zero-order valence-corrected chi connectivity index (χ0v) is 38.1. The molecule has 0 heterocycles. The van der Waals surface area contributed by atoms with Crippen LogP contribution in [0.3, 0.4) is 0 Å². The average Bonchev–Trinajstić information content (AvgIpc) is 3.16. The van der Waals surface area contributed by atoms with Crippen LogP contribution in [0.1, 0.15) is 168 Å². The van der Waals surface area contributed by atoms with E-state index >= 15 is 0 Å². The highest BCUT2D eigenvalue weighted by atomic mass is 31.2. The molecule has 0 saturated heterocycles. The van der Waals surface area contributed by atoms with Crippen LogP contribution in [0.2, 0.25) is 0 Å². The Morgan fingerprint density at radius 1 is 0.638 bits per heavy atom. The van der Waals surface area contributed by atoms with Gasteiger partial charge in [-0.1, -0.05) is 165 Å². The normalized spacial score (nSPS) is 15.1. The molecule has 338 valence electrons. The van der Waals surface area contributed by atoms with Gasteiger partial charge < -0.3 is 38.1 Å². The molecule has 0 saturated carbocycles. The van der Waals surface area contributed by atoms with Crippen LogP contribution in [0.15, 0.2) is 48.6 Å². The van der Waals surface area contributed by atoms with Gasteiger partial charge in [0.15, 0.2) is 6.10 Å². The van der Waals surface area contributed by atoms with Gasteiger partial charge in [-0.15, -0.1) is 0 Å². The van der Waals surface area contributed by atoms with Crippen molar-refractivity contribution in [1.29, 1.82) is 0 Å². The summed E-state index contributed by atoms with van der Waals surface area (Å²) in [5.41, 5.74) is 0. The number of unbranched alkanes of at least 4 members (excludes halogenated alkanes) is 17. The maximum Gasteiger partial charge on any atom is 0.306 e. The van der Waals surface area contributed by atoms with Crippen molar-refractivity contribution in [2.75, 3.05) is 47.5 Å². The van der Waals surface area contributed by atoms with E-state index in [0.717, 1.165) is 25.7 Å². The van der Waals surface area contributed by atoms with Crippen LogP contribution in [-0.2, 0) is 32.7 Å². The van der Waals surface area contributed by atoms with E-state index in [1.54, 1.807) is 36.5 Å². The van der Waals surface area contributed by atoms with Crippen molar-refractivity contribution in [1.82, 2.24) is 0 Å². The van der Waals surface area contributed by atoms with Gasteiger partial charge in [0.1, 0.15) is 19.8 Å². The van der Waals surface area contributed by atoms with Crippen LogP contribution >= 0.6 is 7.82 Å². The Balaban J connectivity index is 4.61. The van der Waals surface area contributed by atoms with E-state index in [0.29, 0.717) is 36.7 Å². The minimum atomic E-state index is -4.69. The standard InChI is InChI=1S/C46H84NO10P/c1-6-8-10-12-14-15-16-17-18-19-20-21-22-24-30-36-45(50)54-40-44(41-56-58(52,53)55-39-38-47(3,4)5)57-46(51)37-31-35-43(49)34-29-26-25-28-33-42(48)32-27-23-13-11-9-7-2/h23,25-29,33-34,42-44,48-49H,6-22,24,30-32,35-41H2,1-5H3/b26-25+,27-23+,33-28+,34-29+. The fourth-order valence-electron chi connectivity index (χ4n) is 5.91. The highest BCUT2D eigenvalue weighted by Crippen LogP contribution is 2.38. The highest BCUT2D eigenvalue weighted by Gasteiger charge is 2.22. The average molecular weight is 842 g/mol. The van der Waals surface area contributed by atoms with Crippen LogP contribution in [0, 0.1) is 0 Å². The van der Waals surface area contributed by atoms with E-state index in [9.17, 15) is 29.3 Å². The maximum atomic E-state index is 12.7. The number of allylic oxidation sites excluding steroid dienone is 5. The lowest BCUT2D eigenvalue weighted by atomic mass is 10.0. The van der Waals surface area contributed by atoms with Crippen LogP contribution < -0.4 is 4.89 Å². The number of nitrogens with zero attached hydrogens (tertiary/aromatic N) is 1. The number of aliphatic hydroxyl groups is 2. The molecule has 58 heavy (non-hydrogen) atoms. The van der Waals surface area contributed by atoms with Gasteiger partial charge in [-0.25, -0.2) is 0 Å². The summed E-state index contributed by atoms with van der Waals surface area (Å²) in [6, 6.07) is 0. The Hall–Kier alpha value is -2.11. The van der Waals surface area contributed by atoms with Crippen molar-refractivity contribution in [3.05, 3.63) is 48.6 Å². The smallest absolute Gasteiger partial charge is 0.306 e. The first kappa shape index (κ1) is 55.9. The lowest BCUT2D eigenvalue weighted by molar-refractivity contribution is -0.870. The van der Waals surface area contributed by atoms with Crippen molar-refractivity contribution >= 4 is 19.8 Å². The van der Waals surface area contributed by atoms with E-state index < -0.39 is 44.7 Å². The molecule has 0 aliphatic carbocycles. The number of phosphoric acid groups is 1. The summed E-state index contributed by atoms with van der Waals surface area (Å²) in [6.07, 6.45) is 36.2. The summed E-state index contributed by atoms with van der Waals surface area (Å²) in [7, 11) is 1.01. The number of carbonyl (C=O) groups is 2. The van der Waals surface area contributed by atoms with Crippen LogP contribution in [-0.4, -0.2) is 92.5 Å². The van der Waals surface area contributed by atoms with Gasteiger partial charge in [0.05, 0.1) is 40.0 Å². The SMILES string of the molecule is CCCCC/C=C/CC(O)/C=C/C=C/C=C/C(O)CCCC(=O)OC(COC(=O)CCCCCCCCCCCCCCCCC)COP(=O)([O-])OCC[N+](C)(C)C. The van der Waals surface area contributed by atoms with E-state index in [1.165, 1.54) is 89.9 Å². The molecule has 0 rings (SSSR count). The van der Waals surface area contributed by atoms with E-state index in [1.807, 2.05) is 27.2 Å². The number of ether oxygens (including phenoxy) is 2. The number of carbonyl (C=O) groups excluding carboxylic acids is 2. The van der Waals surface area contributed by atoms with Crippen molar-refractivity contribution < 1.29 is 52.3 Å². The largest absolute Gasteiger partial charge is 0.756 e. The molecule has 11 nitrogen and oxygen atoms in total. The predicted octanol–water partition coefficient (Wildman–Crippen LogP) is 10.00. The molecule has 12 heteroatoms. The second-order valence-corrected chi connectivity index (χ2v) is 17.9. The number of likely N-dealkylation sites (N-methyl/N-ethyl adjacent to an activating group) is 1. The molecule has 0 aromatic rings. The molecule has 0 radical (unpaired) electrons. The second kappa shape index (κ2) is 37.9. The summed E-state index contributed by atoms with van der Waals surface area (Å²) in [5.74, 6) is -1.07. The fraction of sp³-hybridized carbons (Fsp3) is 0.783. The zero-order valence-electron chi connectivity index (χ0n) is 37.2. The number of phosphoric ester groups is 1. The fourth-order valence-corrected chi connectivity index (χ4v) is 6.64. The van der Waals surface area contributed by atoms with Gasteiger partial charge in [0.2, 0.25) is 0 Å². The predicted molar refractivity (Wildman–Crippen MR) is 234 cm³/mol. The Labute approximate surface area is 353 Å². The van der Waals surface area contributed by atoms with Crippen LogP contribution in [0.4, 0.5) is 0 Å². The number of esters is 2. The van der Waals surface area contributed by atoms with E-state index in [-0.39, 0.29) is 26.1 Å². The third kappa shape index (κ3) is 40.7. The Morgan fingerprint density at radius 2 is 1.16 bits per heavy atom. The van der Waals surface area contributed by atoms with Crippen molar-refractivity contribution in [2.24, 2.45) is 0 Å². The molecular weight excluding hydrogens is 757 g/mol. The van der Waals surface area contributed by atoms with Gasteiger partial charge in [-0.3, -0.25) is 14.2 Å². The van der Waals surface area contributed by atoms with Gasteiger partial charge in [0, 0.05) is 12.8 Å². The quantitative estimate of drug-likeness (QED) is 0.0152. The monoisotopic (exact) mass is 842 g/mol. The molecule has 0 bridgehead atoms. The summed E-state index contributed by atoms with van der Waals surface area (Å²) >= 11 is 0. The number of rotatable bonds is 40. The van der Waals surface area contributed by atoms with E-state index in [2.05, 4.69) is 19.9 Å². The van der Waals surface area contributed by atoms with E-state index in [4.69, 9.17) is 18.5 Å². The minimum absolute atomic E-state index is 0.0347. The van der Waals surface area contributed by atoms with Crippen LogP contribution in [0.25, 0.3) is 0 Å². The third-order valence-corrected chi connectivity index (χ3v) is 10.5. The molecule has 0 fully saturated rings. The highest BCUT2D eigenvalue weighted by molar-refractivity contribution is 7.45. The summed E-state index contributed by atoms with van der Waals surface area (Å²) < 4.78 is 33.7. The minimum Gasteiger partial charge on any atom is -0.756 e. The zero-order chi connectivity index (χ0) is 43.2. The number of hydrogen-bond acceptors (Lipinski definition) is 10. The molecule has 0 aliphatic heterocycles.